The highest BCUT2D eigenvalue weighted by Crippen LogP contribution is 2.53. The molecule has 0 amide bonds. The number of hydrogen-bond acceptors (Lipinski definition) is 3. The van der Waals surface area contributed by atoms with Gasteiger partial charge in [0.1, 0.15) is 6.79 Å². The van der Waals surface area contributed by atoms with Gasteiger partial charge in [-0.15, -0.1) is 0 Å². The second-order valence-corrected chi connectivity index (χ2v) is 4.58. The molecule has 22 heavy (non-hydrogen) atoms. The Bertz CT molecular complexity index is 498. The molecule has 1 aromatic carbocycles. The summed E-state index contributed by atoms with van der Waals surface area (Å²) >= 11 is 0. The van der Waals surface area contributed by atoms with E-state index in [9.17, 15) is 26.3 Å². The first-order chi connectivity index (χ1) is 10.0. The monoisotopic (exact) mass is 331 g/mol. The van der Waals surface area contributed by atoms with E-state index in [4.69, 9.17) is 5.73 Å². The Hall–Kier alpha value is -1.32. The van der Waals surface area contributed by atoms with E-state index in [0.29, 0.717) is 0 Å². The molecule has 1 aromatic rings. The Kier molecular flexibility index (Phi) is 5.47. The first-order valence-electron chi connectivity index (χ1n) is 6.07. The molecule has 0 saturated heterocycles. The molecule has 126 valence electrons. The zero-order chi connectivity index (χ0) is 17.2. The van der Waals surface area contributed by atoms with E-state index in [-0.39, 0.29) is 17.7 Å². The predicted octanol–water partition coefficient (Wildman–Crippen LogP) is 3.39. The van der Waals surface area contributed by atoms with Crippen LogP contribution in [0.25, 0.3) is 0 Å². The fourth-order valence-corrected chi connectivity index (χ4v) is 2.03. The number of benzene rings is 1. The van der Waals surface area contributed by atoms with Crippen LogP contribution in [0, 0.1) is 6.92 Å². The molecule has 0 saturated carbocycles. The second-order valence-electron chi connectivity index (χ2n) is 4.58. The van der Waals surface area contributed by atoms with E-state index in [0.717, 1.165) is 26.2 Å². The highest BCUT2D eigenvalue weighted by Gasteiger charge is 2.73. The SMILES string of the molecule is COCOC(c1cc(CN)ccc1C)(C(F)(F)F)C(F)(F)F. The number of ether oxygens (including phenoxy) is 2. The van der Waals surface area contributed by atoms with Gasteiger partial charge in [0.2, 0.25) is 0 Å². The molecule has 0 aromatic heterocycles. The van der Waals surface area contributed by atoms with Gasteiger partial charge < -0.3 is 15.2 Å². The smallest absolute Gasteiger partial charge is 0.359 e. The molecule has 1 rings (SSSR count). The van der Waals surface area contributed by atoms with Crippen LogP contribution in [0.1, 0.15) is 16.7 Å². The molecule has 3 nitrogen and oxygen atoms in total. The van der Waals surface area contributed by atoms with Crippen molar-refractivity contribution in [3.8, 4) is 0 Å². The summed E-state index contributed by atoms with van der Waals surface area (Å²) in [5, 5.41) is 0. The minimum atomic E-state index is -5.73. The van der Waals surface area contributed by atoms with Crippen LogP contribution in [-0.4, -0.2) is 26.3 Å². The third-order valence-corrected chi connectivity index (χ3v) is 3.11. The van der Waals surface area contributed by atoms with E-state index in [1.165, 1.54) is 6.07 Å². The summed E-state index contributed by atoms with van der Waals surface area (Å²) in [6, 6.07) is 3.25. The van der Waals surface area contributed by atoms with Crippen molar-refractivity contribution in [3.05, 3.63) is 34.9 Å². The highest BCUT2D eigenvalue weighted by molar-refractivity contribution is 5.38. The number of rotatable bonds is 5. The summed E-state index contributed by atoms with van der Waals surface area (Å²) in [4.78, 5) is 0. The van der Waals surface area contributed by atoms with Crippen LogP contribution < -0.4 is 5.73 Å². The molecule has 0 aliphatic heterocycles. The van der Waals surface area contributed by atoms with Crippen molar-refractivity contribution in [2.75, 3.05) is 13.9 Å². The third-order valence-electron chi connectivity index (χ3n) is 3.11. The van der Waals surface area contributed by atoms with Gasteiger partial charge in [-0.2, -0.15) is 26.3 Å². The lowest BCUT2D eigenvalue weighted by atomic mass is 9.87. The predicted molar refractivity (Wildman–Crippen MR) is 65.8 cm³/mol. The van der Waals surface area contributed by atoms with Crippen LogP contribution >= 0.6 is 0 Å². The molecular formula is C13H15F6NO2. The standard InChI is InChI=1S/C13H15F6NO2/c1-8-3-4-9(6-20)5-10(8)11(12(14,15)16,13(17,18)19)22-7-21-2/h3-5H,6-7,20H2,1-2H3. The first kappa shape index (κ1) is 18.7. The van der Waals surface area contributed by atoms with Crippen molar-refractivity contribution >= 4 is 0 Å². The van der Waals surface area contributed by atoms with Crippen molar-refractivity contribution in [1.82, 2.24) is 0 Å². The summed E-state index contributed by atoms with van der Waals surface area (Å²) in [5.41, 5.74) is -0.322. The average Bonchev–Trinajstić information content (AvgIpc) is 2.38. The molecule has 0 aliphatic carbocycles. The number of halogens is 6. The Morgan fingerprint density at radius 2 is 1.59 bits per heavy atom. The topological polar surface area (TPSA) is 44.5 Å². The Morgan fingerprint density at radius 3 is 2.00 bits per heavy atom. The maximum absolute atomic E-state index is 13.4. The molecule has 0 atom stereocenters. The van der Waals surface area contributed by atoms with Gasteiger partial charge in [0, 0.05) is 19.2 Å². The van der Waals surface area contributed by atoms with Crippen LogP contribution in [-0.2, 0) is 21.6 Å². The number of alkyl halides is 6. The van der Waals surface area contributed by atoms with Crippen molar-refractivity contribution < 1.29 is 35.8 Å². The maximum Gasteiger partial charge on any atom is 0.430 e. The average molecular weight is 331 g/mol. The molecule has 0 spiro atoms. The molecule has 0 aliphatic rings. The van der Waals surface area contributed by atoms with E-state index in [2.05, 4.69) is 9.47 Å². The Labute approximate surface area is 123 Å². The zero-order valence-corrected chi connectivity index (χ0v) is 11.8. The maximum atomic E-state index is 13.4. The summed E-state index contributed by atoms with van der Waals surface area (Å²) < 4.78 is 88.6. The first-order valence-corrected chi connectivity index (χ1v) is 6.07. The van der Waals surface area contributed by atoms with Gasteiger partial charge in [-0.1, -0.05) is 18.2 Å². The van der Waals surface area contributed by atoms with Gasteiger partial charge in [-0.05, 0) is 18.1 Å². The third kappa shape index (κ3) is 3.21. The fourth-order valence-electron chi connectivity index (χ4n) is 2.03. The Balaban J connectivity index is 3.68. The lowest BCUT2D eigenvalue weighted by molar-refractivity contribution is -0.400. The molecule has 0 fully saturated rings. The molecule has 0 heterocycles. The number of nitrogens with two attached hydrogens (primary N) is 1. The molecule has 9 heteroatoms. The van der Waals surface area contributed by atoms with Crippen LogP contribution in [0.4, 0.5) is 26.3 Å². The van der Waals surface area contributed by atoms with Gasteiger partial charge in [-0.3, -0.25) is 0 Å². The van der Waals surface area contributed by atoms with Crippen LogP contribution in [0.15, 0.2) is 18.2 Å². The molecule has 0 bridgehead atoms. The minimum Gasteiger partial charge on any atom is -0.359 e. The van der Waals surface area contributed by atoms with Gasteiger partial charge in [0.15, 0.2) is 0 Å². The summed E-state index contributed by atoms with van der Waals surface area (Å²) in [7, 11) is 0.931. The van der Waals surface area contributed by atoms with Crippen LogP contribution in [0.3, 0.4) is 0 Å². The minimum absolute atomic E-state index is 0.125. The van der Waals surface area contributed by atoms with Crippen molar-refractivity contribution in [2.24, 2.45) is 5.73 Å². The summed E-state index contributed by atoms with van der Waals surface area (Å²) in [6.45, 7) is -0.243. The second kappa shape index (κ2) is 6.43. The van der Waals surface area contributed by atoms with Crippen molar-refractivity contribution in [2.45, 2.75) is 31.4 Å². The van der Waals surface area contributed by atoms with Gasteiger partial charge >= 0.3 is 12.4 Å². The van der Waals surface area contributed by atoms with Crippen molar-refractivity contribution in [1.29, 1.82) is 0 Å². The van der Waals surface area contributed by atoms with E-state index < -0.39 is 30.3 Å². The van der Waals surface area contributed by atoms with Gasteiger partial charge in [-0.25, -0.2) is 0 Å². The van der Waals surface area contributed by atoms with E-state index >= 15 is 0 Å². The van der Waals surface area contributed by atoms with Crippen molar-refractivity contribution in [3.63, 3.8) is 0 Å². The highest BCUT2D eigenvalue weighted by atomic mass is 19.4. The van der Waals surface area contributed by atoms with E-state index in [1.807, 2.05) is 0 Å². The number of hydrogen-bond donors (Lipinski definition) is 1. The summed E-state index contributed by atoms with van der Waals surface area (Å²) in [6.07, 6.45) is -11.5. The Morgan fingerprint density at radius 1 is 1.05 bits per heavy atom. The quantitative estimate of drug-likeness (QED) is 0.664. The zero-order valence-electron chi connectivity index (χ0n) is 11.8. The summed E-state index contributed by atoms with van der Waals surface area (Å²) in [5.74, 6) is 0. The molecule has 0 unspecified atom stereocenters. The van der Waals surface area contributed by atoms with Gasteiger partial charge in [0.25, 0.3) is 5.60 Å². The molecule has 2 N–H and O–H groups in total. The lowest BCUT2D eigenvalue weighted by Gasteiger charge is -2.38. The number of aryl methyl sites for hydroxylation is 1. The molecular weight excluding hydrogens is 316 g/mol. The number of methoxy groups -OCH3 is 1. The van der Waals surface area contributed by atoms with E-state index in [1.54, 1.807) is 0 Å². The normalized spacial score (nSPS) is 13.5. The van der Waals surface area contributed by atoms with Crippen LogP contribution in [0.2, 0.25) is 0 Å². The lowest BCUT2D eigenvalue weighted by Crippen LogP contribution is -2.56. The van der Waals surface area contributed by atoms with Gasteiger partial charge in [0.05, 0.1) is 0 Å². The fraction of sp³-hybridized carbons (Fsp3) is 0.538. The largest absolute Gasteiger partial charge is 0.430 e. The molecule has 0 radical (unpaired) electrons. The van der Waals surface area contributed by atoms with Crippen LogP contribution in [0.5, 0.6) is 0 Å².